The number of rotatable bonds is 3. The summed E-state index contributed by atoms with van der Waals surface area (Å²) in [5.74, 6) is 0.474. The molecule has 0 unspecified atom stereocenters. The molecule has 0 atom stereocenters. The van der Waals surface area contributed by atoms with E-state index in [1.54, 1.807) is 6.92 Å². The molecule has 1 aromatic rings. The largest absolute Gasteiger partial charge is 0.389 e. The highest BCUT2D eigenvalue weighted by atomic mass is 32.2. The van der Waals surface area contributed by atoms with Gasteiger partial charge in [-0.1, -0.05) is 0 Å². The van der Waals surface area contributed by atoms with Gasteiger partial charge in [-0.25, -0.2) is 23.0 Å². The number of aryl methyl sites for hydroxylation is 1. The Kier molecular flexibility index (Phi) is 2.89. The summed E-state index contributed by atoms with van der Waals surface area (Å²) in [6, 6.07) is 0. The minimum atomic E-state index is -3.32. The Labute approximate surface area is 83.5 Å². The molecule has 2 N–H and O–H groups in total. The van der Waals surface area contributed by atoms with E-state index in [1.165, 1.54) is 0 Å². The molecule has 0 saturated heterocycles. The van der Waals surface area contributed by atoms with Crippen LogP contribution in [0.1, 0.15) is 7.20 Å². The quantitative estimate of drug-likeness (QED) is 0.575. The average Bonchev–Trinajstić information content (AvgIpc) is 1.99. The van der Waals surface area contributed by atoms with Crippen molar-refractivity contribution >= 4 is 17.6 Å². The van der Waals surface area contributed by atoms with Crippen LogP contribution in [-0.2, 0) is 10.0 Å². The van der Waals surface area contributed by atoms with Crippen LogP contribution in [0.2, 0.25) is 0 Å². The first-order valence-corrected chi connectivity index (χ1v) is 5.50. The van der Waals surface area contributed by atoms with Crippen LogP contribution in [0.5, 0.6) is 0 Å². The Morgan fingerprint density at radius 1 is 1.71 bits per heavy atom. The zero-order valence-corrected chi connectivity index (χ0v) is 8.46. The van der Waals surface area contributed by atoms with E-state index < -0.39 is 10.0 Å². The third-order valence-electron chi connectivity index (χ3n) is 1.12. The molecular weight excluding hydrogens is 205 g/mol. The molecule has 1 aromatic heterocycles. The first-order valence-electron chi connectivity index (χ1n) is 4.11. The van der Waals surface area contributed by atoms with Crippen LogP contribution in [-0.4, -0.2) is 37.2 Å². The van der Waals surface area contributed by atoms with Crippen LogP contribution < -0.4 is 10.3 Å². The van der Waals surface area contributed by atoms with Crippen LogP contribution in [0.25, 0.3) is 0 Å². The zero-order chi connectivity index (χ0) is 11.5. The highest BCUT2D eigenvalue weighted by molar-refractivity contribution is 7.89. The van der Waals surface area contributed by atoms with Gasteiger partial charge in [0, 0.05) is 0 Å². The summed E-state index contributed by atoms with van der Waals surface area (Å²) in [5.41, 5.74) is 0.114. The fourth-order valence-corrected chi connectivity index (χ4v) is 0.854. The molecule has 1 radical (unpaired) electrons. The number of H-pyrrole nitrogens is 1. The van der Waals surface area contributed by atoms with Crippen molar-refractivity contribution in [1.29, 1.82) is 0 Å². The molecule has 1 heterocycles. The Morgan fingerprint density at radius 3 is 3.00 bits per heavy atom. The Bertz CT molecular complexity index is 489. The van der Waals surface area contributed by atoms with Gasteiger partial charge < -0.3 is 4.98 Å². The van der Waals surface area contributed by atoms with Gasteiger partial charge in [-0.2, -0.15) is 0 Å². The average molecular weight is 215 g/mol. The lowest BCUT2D eigenvalue weighted by atomic mass is 10.2. The van der Waals surface area contributed by atoms with Crippen molar-refractivity contribution in [3.05, 3.63) is 17.7 Å². The van der Waals surface area contributed by atoms with E-state index in [0.29, 0.717) is 5.82 Å². The van der Waals surface area contributed by atoms with Crippen molar-refractivity contribution in [1.82, 2.24) is 19.6 Å². The number of nitrogens with one attached hydrogen (secondary N) is 2. The zero-order valence-electron chi connectivity index (χ0n) is 8.64. The Balaban J connectivity index is 2.83. The van der Waals surface area contributed by atoms with Crippen molar-refractivity contribution < 1.29 is 9.79 Å². The Hall–Kier alpha value is -1.22. The summed E-state index contributed by atoms with van der Waals surface area (Å²) in [5, 5.41) is 0. The number of sulfonamides is 1. The number of nitrogens with zero attached hydrogens (tertiary/aromatic N) is 3. The van der Waals surface area contributed by atoms with E-state index in [-0.39, 0.29) is 11.9 Å². The summed E-state index contributed by atoms with van der Waals surface area (Å²) >= 11 is 0. The fraction of sp³-hybridized carbons (Fsp3) is 0.400. The van der Waals surface area contributed by atoms with Crippen molar-refractivity contribution in [3.63, 3.8) is 0 Å². The lowest BCUT2D eigenvalue weighted by Crippen LogP contribution is -2.28. The van der Waals surface area contributed by atoms with Crippen molar-refractivity contribution in [2.75, 3.05) is 6.26 Å². The molecular formula is C5H9BN5O2S. The van der Waals surface area contributed by atoms with Gasteiger partial charge in [0.1, 0.15) is 13.5 Å². The first kappa shape index (κ1) is 9.34. The summed E-state index contributed by atoms with van der Waals surface area (Å²) < 4.78 is 30.6. The molecule has 1 rings (SSSR count). The van der Waals surface area contributed by atoms with E-state index in [1.807, 2.05) is 4.63 Å². The molecule has 0 aromatic carbocycles. The molecule has 7 nitrogen and oxygen atoms in total. The van der Waals surface area contributed by atoms with Gasteiger partial charge in [0.2, 0.25) is 5.62 Å². The van der Waals surface area contributed by atoms with Gasteiger partial charge in [-0.15, -0.1) is 0 Å². The van der Waals surface area contributed by atoms with Gasteiger partial charge in [0.05, 0.1) is 6.26 Å². The number of aromatic nitrogens is 3. The molecule has 0 amide bonds. The second kappa shape index (κ2) is 4.33. The second-order valence-corrected chi connectivity index (χ2v) is 4.29. The molecule has 0 aliphatic heterocycles. The van der Waals surface area contributed by atoms with Gasteiger partial charge in [0.15, 0.2) is 10.0 Å². The van der Waals surface area contributed by atoms with Crippen molar-refractivity contribution in [3.8, 4) is 0 Å². The molecule has 14 heavy (non-hydrogen) atoms. The molecule has 0 saturated carbocycles. The molecule has 0 aliphatic carbocycles. The van der Waals surface area contributed by atoms with Crippen LogP contribution in [0.15, 0.2) is 11.2 Å². The lowest BCUT2D eigenvalue weighted by molar-refractivity contribution is 0.599. The van der Waals surface area contributed by atoms with Gasteiger partial charge in [0.25, 0.3) is 0 Å². The standard InChI is InChI=1S/C5H9BN5O2S/c1-4-7-3-8-5(9-4)10-6-11-14(2,12)13/h3,11H,1-2H3,(H,7,8,9,10)/i3D. The minimum absolute atomic E-state index is 0.114. The maximum atomic E-state index is 10.7. The van der Waals surface area contributed by atoms with Crippen LogP contribution in [0.4, 0.5) is 0 Å². The highest BCUT2D eigenvalue weighted by Gasteiger charge is 1.99. The van der Waals surface area contributed by atoms with Crippen LogP contribution in [0, 0.1) is 6.92 Å². The van der Waals surface area contributed by atoms with E-state index in [4.69, 9.17) is 1.37 Å². The normalized spacial score (nSPS) is 13.9. The van der Waals surface area contributed by atoms with E-state index in [2.05, 4.69) is 19.9 Å². The predicted molar refractivity (Wildman–Crippen MR) is 50.4 cm³/mol. The fourth-order valence-electron chi connectivity index (χ4n) is 0.609. The van der Waals surface area contributed by atoms with Crippen molar-refractivity contribution in [2.45, 2.75) is 6.92 Å². The third-order valence-corrected chi connectivity index (χ3v) is 1.65. The SMILES string of the molecule is [2H]c1nc(C)[nH]c(=N[B]NS(C)(=O)=O)n1. The number of aromatic amines is 1. The summed E-state index contributed by atoms with van der Waals surface area (Å²) in [6.07, 6.45) is 0.821. The maximum absolute atomic E-state index is 10.7. The van der Waals surface area contributed by atoms with Crippen LogP contribution >= 0.6 is 0 Å². The smallest absolute Gasteiger partial charge is 0.314 e. The topological polar surface area (TPSA) is 100 Å². The third kappa shape index (κ3) is 4.14. The predicted octanol–water partition coefficient (Wildman–Crippen LogP) is -1.90. The monoisotopic (exact) mass is 215 g/mol. The molecule has 0 bridgehead atoms. The van der Waals surface area contributed by atoms with Gasteiger partial charge >= 0.3 is 7.55 Å². The molecule has 9 heteroatoms. The molecule has 0 spiro atoms. The van der Waals surface area contributed by atoms with E-state index in [9.17, 15) is 8.42 Å². The minimum Gasteiger partial charge on any atom is -0.314 e. The molecule has 0 fully saturated rings. The molecule has 0 aliphatic rings. The number of hydrogen-bond acceptors (Lipinski definition) is 5. The van der Waals surface area contributed by atoms with Crippen LogP contribution in [0.3, 0.4) is 0 Å². The van der Waals surface area contributed by atoms with E-state index >= 15 is 0 Å². The number of hydrogen-bond donors (Lipinski definition) is 2. The van der Waals surface area contributed by atoms with Gasteiger partial charge in [-0.3, -0.25) is 4.90 Å². The first-order chi connectivity index (χ1) is 6.87. The second-order valence-electron chi connectivity index (χ2n) is 2.51. The Morgan fingerprint density at radius 2 is 2.43 bits per heavy atom. The van der Waals surface area contributed by atoms with Crippen molar-refractivity contribution in [2.24, 2.45) is 4.90 Å². The maximum Gasteiger partial charge on any atom is 0.389 e. The van der Waals surface area contributed by atoms with Gasteiger partial charge in [-0.05, 0) is 6.92 Å². The highest BCUT2D eigenvalue weighted by Crippen LogP contribution is 1.73. The van der Waals surface area contributed by atoms with E-state index in [0.717, 1.165) is 13.8 Å². The summed E-state index contributed by atoms with van der Waals surface area (Å²) in [7, 11) is -2.34. The molecule has 75 valence electrons. The lowest BCUT2D eigenvalue weighted by Gasteiger charge is -1.94. The summed E-state index contributed by atoms with van der Waals surface area (Å²) in [4.78, 5) is 13.6. The summed E-state index contributed by atoms with van der Waals surface area (Å²) in [6.45, 7) is 1.64.